The molecule has 0 saturated carbocycles. The highest BCUT2D eigenvalue weighted by Crippen LogP contribution is 2.35. The van der Waals surface area contributed by atoms with Crippen molar-refractivity contribution in [3.05, 3.63) is 35.1 Å². The van der Waals surface area contributed by atoms with Gasteiger partial charge in [-0.15, -0.1) is 0 Å². The molecule has 7 heteroatoms. The molecule has 0 amide bonds. The minimum atomic E-state index is -4.93. The van der Waals surface area contributed by atoms with Gasteiger partial charge < -0.3 is 10.2 Å². The molecule has 0 heterocycles. The van der Waals surface area contributed by atoms with Crippen molar-refractivity contribution >= 4 is 5.97 Å². The summed E-state index contributed by atoms with van der Waals surface area (Å²) in [6, 6.07) is 1.99. The topological polar surface area (TPSA) is 57.5 Å². The van der Waals surface area contributed by atoms with Gasteiger partial charge in [-0.05, 0) is 30.0 Å². The number of aliphatic hydroxyl groups excluding tert-OH is 1. The smallest absolute Gasteiger partial charge is 0.419 e. The van der Waals surface area contributed by atoms with Crippen molar-refractivity contribution in [3.8, 4) is 0 Å². The maximum Gasteiger partial charge on any atom is 0.419 e. The fraction of sp³-hybridized carbons (Fsp3) is 0.533. The lowest BCUT2D eigenvalue weighted by atomic mass is 9.84. The van der Waals surface area contributed by atoms with E-state index in [1.807, 2.05) is 6.92 Å². The Morgan fingerprint density at radius 1 is 1.32 bits per heavy atom. The molecule has 22 heavy (non-hydrogen) atoms. The van der Waals surface area contributed by atoms with Crippen LogP contribution in [0.3, 0.4) is 0 Å². The van der Waals surface area contributed by atoms with Gasteiger partial charge in [0.05, 0.1) is 11.7 Å². The lowest BCUT2D eigenvalue weighted by Crippen LogP contribution is -2.31. The molecule has 0 spiro atoms. The van der Waals surface area contributed by atoms with Crippen molar-refractivity contribution in [2.75, 3.05) is 0 Å². The van der Waals surface area contributed by atoms with Gasteiger partial charge in [0.15, 0.2) is 0 Å². The third-order valence-corrected chi connectivity index (χ3v) is 3.59. The molecule has 3 atom stereocenters. The summed E-state index contributed by atoms with van der Waals surface area (Å²) >= 11 is 0. The summed E-state index contributed by atoms with van der Waals surface area (Å²) in [7, 11) is 0. The standard InChI is InChI=1S/C15H18F4O3/c1-3-4-8(2)13(20)12(14(21)22)9-5-6-11(16)10(7-9)15(17,18)19/h5-8,12-13,20H,3-4H2,1-2H3,(H,21,22). The van der Waals surface area contributed by atoms with Crippen LogP contribution >= 0.6 is 0 Å². The lowest BCUT2D eigenvalue weighted by molar-refractivity contribution is -0.144. The van der Waals surface area contributed by atoms with Gasteiger partial charge in [0, 0.05) is 0 Å². The number of hydrogen-bond acceptors (Lipinski definition) is 2. The maximum absolute atomic E-state index is 13.3. The average molecular weight is 322 g/mol. The zero-order valence-corrected chi connectivity index (χ0v) is 12.2. The first-order valence-corrected chi connectivity index (χ1v) is 6.87. The Bertz CT molecular complexity index is 528. The third kappa shape index (κ3) is 4.19. The molecular weight excluding hydrogens is 304 g/mol. The van der Waals surface area contributed by atoms with E-state index in [2.05, 4.69) is 0 Å². The molecule has 1 rings (SSSR count). The van der Waals surface area contributed by atoms with E-state index in [-0.39, 0.29) is 5.56 Å². The molecule has 0 aliphatic rings. The van der Waals surface area contributed by atoms with E-state index in [0.717, 1.165) is 6.07 Å². The SMILES string of the molecule is CCCC(C)C(O)C(C(=O)O)c1ccc(F)c(C(F)(F)F)c1. The van der Waals surface area contributed by atoms with Crippen molar-refractivity contribution in [2.24, 2.45) is 5.92 Å². The zero-order chi connectivity index (χ0) is 17.1. The zero-order valence-electron chi connectivity index (χ0n) is 12.2. The second kappa shape index (κ2) is 7.09. The number of aliphatic hydroxyl groups is 1. The molecule has 0 radical (unpaired) electrons. The van der Waals surface area contributed by atoms with Gasteiger partial charge in [0.25, 0.3) is 0 Å². The van der Waals surface area contributed by atoms with Crippen LogP contribution in [-0.4, -0.2) is 22.3 Å². The van der Waals surface area contributed by atoms with Gasteiger partial charge in [0.1, 0.15) is 11.7 Å². The summed E-state index contributed by atoms with van der Waals surface area (Å²) < 4.78 is 51.5. The number of rotatable bonds is 6. The number of halogens is 4. The van der Waals surface area contributed by atoms with E-state index in [4.69, 9.17) is 0 Å². The van der Waals surface area contributed by atoms with E-state index < -0.39 is 41.5 Å². The highest BCUT2D eigenvalue weighted by molar-refractivity contribution is 5.77. The Balaban J connectivity index is 3.26. The van der Waals surface area contributed by atoms with Crippen LogP contribution in [0.5, 0.6) is 0 Å². The first-order valence-electron chi connectivity index (χ1n) is 6.87. The molecule has 0 aliphatic heterocycles. The number of carboxylic acids is 1. The Labute approximate surface area is 125 Å². The molecule has 0 fully saturated rings. The van der Waals surface area contributed by atoms with Crippen LogP contribution in [0.15, 0.2) is 18.2 Å². The second-order valence-corrected chi connectivity index (χ2v) is 5.31. The fourth-order valence-corrected chi connectivity index (χ4v) is 2.39. The molecule has 3 unspecified atom stereocenters. The number of hydrogen-bond donors (Lipinski definition) is 2. The van der Waals surface area contributed by atoms with Gasteiger partial charge in [-0.2, -0.15) is 13.2 Å². The van der Waals surface area contributed by atoms with Crippen molar-refractivity contribution in [1.29, 1.82) is 0 Å². The molecule has 3 nitrogen and oxygen atoms in total. The summed E-state index contributed by atoms with van der Waals surface area (Å²) in [6.45, 7) is 3.47. The third-order valence-electron chi connectivity index (χ3n) is 3.59. The summed E-state index contributed by atoms with van der Waals surface area (Å²) in [5, 5.41) is 19.4. The molecule has 0 bridgehead atoms. The van der Waals surface area contributed by atoms with Gasteiger partial charge in [-0.3, -0.25) is 4.79 Å². The molecule has 0 saturated heterocycles. The van der Waals surface area contributed by atoms with E-state index in [0.29, 0.717) is 25.0 Å². The van der Waals surface area contributed by atoms with Gasteiger partial charge in [0.2, 0.25) is 0 Å². The molecule has 0 aromatic heterocycles. The van der Waals surface area contributed by atoms with Crippen LogP contribution < -0.4 is 0 Å². The number of benzene rings is 1. The average Bonchev–Trinajstić information content (AvgIpc) is 2.39. The molecule has 124 valence electrons. The highest BCUT2D eigenvalue weighted by atomic mass is 19.4. The Hall–Kier alpha value is -1.63. The second-order valence-electron chi connectivity index (χ2n) is 5.31. The van der Waals surface area contributed by atoms with Crippen molar-refractivity contribution in [2.45, 2.75) is 44.9 Å². The first-order chi connectivity index (χ1) is 10.1. The van der Waals surface area contributed by atoms with E-state index in [1.54, 1.807) is 6.92 Å². The first kappa shape index (κ1) is 18.4. The van der Waals surface area contributed by atoms with Crippen LogP contribution in [0.25, 0.3) is 0 Å². The number of alkyl halides is 3. The van der Waals surface area contributed by atoms with Crippen molar-refractivity contribution < 1.29 is 32.6 Å². The monoisotopic (exact) mass is 322 g/mol. The predicted octanol–water partition coefficient (Wildman–Crippen LogP) is 3.81. The van der Waals surface area contributed by atoms with Crippen molar-refractivity contribution in [1.82, 2.24) is 0 Å². The van der Waals surface area contributed by atoms with E-state index in [9.17, 15) is 32.6 Å². The quantitative estimate of drug-likeness (QED) is 0.783. The predicted molar refractivity (Wildman–Crippen MR) is 71.9 cm³/mol. The summed E-state index contributed by atoms with van der Waals surface area (Å²) in [6.07, 6.45) is -5.06. The number of carboxylic acid groups (broad SMARTS) is 1. The van der Waals surface area contributed by atoms with Crippen molar-refractivity contribution in [3.63, 3.8) is 0 Å². The highest BCUT2D eigenvalue weighted by Gasteiger charge is 2.37. The summed E-state index contributed by atoms with van der Waals surface area (Å²) in [5.41, 5.74) is -1.80. The maximum atomic E-state index is 13.3. The van der Waals surface area contributed by atoms with E-state index >= 15 is 0 Å². The van der Waals surface area contributed by atoms with Gasteiger partial charge >= 0.3 is 12.1 Å². The largest absolute Gasteiger partial charge is 0.481 e. The van der Waals surface area contributed by atoms with Crippen LogP contribution in [-0.2, 0) is 11.0 Å². The minimum absolute atomic E-state index is 0.267. The summed E-state index contributed by atoms with van der Waals surface area (Å²) in [5.74, 6) is -4.87. The number of carbonyl (C=O) groups is 1. The van der Waals surface area contributed by atoms with Crippen LogP contribution in [0, 0.1) is 11.7 Å². The van der Waals surface area contributed by atoms with Gasteiger partial charge in [-0.25, -0.2) is 4.39 Å². The van der Waals surface area contributed by atoms with Crippen LogP contribution in [0.1, 0.15) is 43.7 Å². The molecular formula is C15H18F4O3. The fourth-order valence-electron chi connectivity index (χ4n) is 2.39. The normalized spacial score (nSPS) is 16.1. The van der Waals surface area contributed by atoms with Crippen LogP contribution in [0.4, 0.5) is 17.6 Å². The Morgan fingerprint density at radius 2 is 1.91 bits per heavy atom. The molecule has 1 aromatic carbocycles. The number of aliphatic carboxylic acids is 1. The lowest BCUT2D eigenvalue weighted by Gasteiger charge is -2.25. The Morgan fingerprint density at radius 3 is 2.36 bits per heavy atom. The molecule has 1 aromatic rings. The van der Waals surface area contributed by atoms with Crippen LogP contribution in [0.2, 0.25) is 0 Å². The summed E-state index contributed by atoms with van der Waals surface area (Å²) in [4.78, 5) is 11.4. The molecule has 2 N–H and O–H groups in total. The van der Waals surface area contributed by atoms with Gasteiger partial charge in [-0.1, -0.05) is 26.3 Å². The Kier molecular flexibility index (Phi) is 5.93. The van der Waals surface area contributed by atoms with E-state index in [1.165, 1.54) is 0 Å². The minimum Gasteiger partial charge on any atom is -0.481 e. The molecule has 0 aliphatic carbocycles.